The second kappa shape index (κ2) is 7.07. The third kappa shape index (κ3) is 3.97. The first-order valence-corrected chi connectivity index (χ1v) is 8.60. The van der Waals surface area contributed by atoms with Crippen LogP contribution in [0.5, 0.6) is 0 Å². The molecule has 132 valence electrons. The van der Waals surface area contributed by atoms with Gasteiger partial charge < -0.3 is 20.3 Å². The van der Waals surface area contributed by atoms with Crippen LogP contribution in [0.15, 0.2) is 4.99 Å². The number of carbonyl (C=O) groups is 1. The lowest BCUT2D eigenvalue weighted by molar-refractivity contribution is -0.127. The molecular formula is C17H32N4O2. The Labute approximate surface area is 140 Å². The molecule has 1 amide bonds. The van der Waals surface area contributed by atoms with E-state index in [0.29, 0.717) is 24.0 Å². The van der Waals surface area contributed by atoms with Crippen molar-refractivity contribution in [1.29, 1.82) is 0 Å². The molecule has 2 fully saturated rings. The van der Waals surface area contributed by atoms with Gasteiger partial charge in [-0.1, -0.05) is 27.7 Å². The van der Waals surface area contributed by atoms with E-state index in [-0.39, 0.29) is 17.9 Å². The average molecular weight is 324 g/mol. The molecule has 1 saturated carbocycles. The number of carbonyl (C=O) groups excluding carboxylic acids is 1. The Morgan fingerprint density at radius 3 is 2.70 bits per heavy atom. The summed E-state index contributed by atoms with van der Waals surface area (Å²) in [7, 11) is 3.50. The standard InChI is InChI=1S/C17H32N4O2/c1-11(2)9-18-16(19-10-13(22)21(5)6)20-14-12-7-8-23-15(12)17(14,3)4/h11-12,14-15H,7-10H2,1-6H3,(H2,18,19,20). The van der Waals surface area contributed by atoms with Crippen molar-refractivity contribution in [3.05, 3.63) is 0 Å². The molecule has 0 aromatic carbocycles. The zero-order chi connectivity index (χ0) is 17.2. The van der Waals surface area contributed by atoms with Crippen LogP contribution in [0.2, 0.25) is 0 Å². The van der Waals surface area contributed by atoms with E-state index in [4.69, 9.17) is 4.74 Å². The molecule has 2 rings (SSSR count). The summed E-state index contributed by atoms with van der Waals surface area (Å²) in [6, 6.07) is 0.336. The SMILES string of the molecule is CC(C)CNC(=NCC(=O)N(C)C)NC1C2CCOC2C1(C)C. The van der Waals surface area contributed by atoms with Crippen molar-refractivity contribution >= 4 is 11.9 Å². The maximum Gasteiger partial charge on any atom is 0.243 e. The van der Waals surface area contributed by atoms with Crippen molar-refractivity contribution in [3.8, 4) is 0 Å². The number of rotatable bonds is 5. The number of nitrogens with zero attached hydrogens (tertiary/aromatic N) is 2. The molecule has 1 heterocycles. The van der Waals surface area contributed by atoms with Crippen LogP contribution in [0.25, 0.3) is 0 Å². The third-order valence-electron chi connectivity index (χ3n) is 4.94. The Bertz CT molecular complexity index is 460. The highest BCUT2D eigenvalue weighted by molar-refractivity contribution is 5.85. The van der Waals surface area contributed by atoms with Crippen LogP contribution in [-0.2, 0) is 9.53 Å². The fourth-order valence-corrected chi connectivity index (χ4v) is 3.51. The maximum atomic E-state index is 11.8. The summed E-state index contributed by atoms with van der Waals surface area (Å²) in [5.41, 5.74) is 0.0903. The van der Waals surface area contributed by atoms with E-state index < -0.39 is 0 Å². The molecule has 0 bridgehead atoms. The van der Waals surface area contributed by atoms with Gasteiger partial charge in [0, 0.05) is 44.6 Å². The van der Waals surface area contributed by atoms with E-state index in [0.717, 1.165) is 25.5 Å². The van der Waals surface area contributed by atoms with Crippen molar-refractivity contribution in [2.75, 3.05) is 33.8 Å². The number of ether oxygens (including phenoxy) is 1. The van der Waals surface area contributed by atoms with Gasteiger partial charge in [-0.2, -0.15) is 0 Å². The summed E-state index contributed by atoms with van der Waals surface area (Å²) < 4.78 is 5.85. The Morgan fingerprint density at radius 1 is 1.39 bits per heavy atom. The van der Waals surface area contributed by atoms with E-state index in [1.54, 1.807) is 19.0 Å². The predicted octanol–water partition coefficient (Wildman–Crippen LogP) is 1.08. The van der Waals surface area contributed by atoms with Gasteiger partial charge in [-0.15, -0.1) is 0 Å². The lowest BCUT2D eigenvalue weighted by atomic mass is 9.57. The number of fused-ring (bicyclic) bond motifs is 1. The summed E-state index contributed by atoms with van der Waals surface area (Å²) in [4.78, 5) is 17.9. The molecule has 3 atom stereocenters. The second-order valence-electron chi connectivity index (χ2n) is 7.92. The minimum absolute atomic E-state index is 0.00518. The molecule has 6 heteroatoms. The number of nitrogens with one attached hydrogen (secondary N) is 2. The largest absolute Gasteiger partial charge is 0.377 e. The summed E-state index contributed by atoms with van der Waals surface area (Å²) >= 11 is 0. The summed E-state index contributed by atoms with van der Waals surface area (Å²) in [6.07, 6.45) is 1.44. The van der Waals surface area contributed by atoms with Crippen LogP contribution >= 0.6 is 0 Å². The molecule has 0 spiro atoms. The minimum Gasteiger partial charge on any atom is -0.377 e. The highest BCUT2D eigenvalue weighted by Crippen LogP contribution is 2.52. The first-order valence-electron chi connectivity index (χ1n) is 8.60. The van der Waals surface area contributed by atoms with Gasteiger partial charge in [-0.25, -0.2) is 4.99 Å². The number of likely N-dealkylation sites (N-methyl/N-ethyl adjacent to an activating group) is 1. The Balaban J connectivity index is 2.02. The van der Waals surface area contributed by atoms with Crippen molar-refractivity contribution < 1.29 is 9.53 Å². The molecule has 0 aromatic rings. The number of guanidine groups is 1. The fraction of sp³-hybridized carbons (Fsp3) is 0.882. The van der Waals surface area contributed by atoms with Gasteiger partial charge in [0.2, 0.25) is 5.91 Å². The van der Waals surface area contributed by atoms with Crippen molar-refractivity contribution in [2.45, 2.75) is 46.3 Å². The lowest BCUT2D eigenvalue weighted by Gasteiger charge is -2.55. The van der Waals surface area contributed by atoms with Crippen LogP contribution in [0.1, 0.15) is 34.1 Å². The number of amides is 1. The smallest absolute Gasteiger partial charge is 0.243 e. The highest BCUT2D eigenvalue weighted by atomic mass is 16.5. The van der Waals surface area contributed by atoms with Gasteiger partial charge in [-0.05, 0) is 12.3 Å². The number of hydrogen-bond donors (Lipinski definition) is 2. The van der Waals surface area contributed by atoms with Gasteiger partial charge in [-0.3, -0.25) is 4.79 Å². The molecule has 1 aliphatic carbocycles. The maximum absolute atomic E-state index is 11.8. The van der Waals surface area contributed by atoms with Crippen LogP contribution in [-0.4, -0.2) is 62.7 Å². The number of hydrogen-bond acceptors (Lipinski definition) is 3. The lowest BCUT2D eigenvalue weighted by Crippen LogP contribution is -2.68. The fourth-order valence-electron chi connectivity index (χ4n) is 3.51. The van der Waals surface area contributed by atoms with Crippen LogP contribution in [0, 0.1) is 17.3 Å². The summed E-state index contributed by atoms with van der Waals surface area (Å²) in [5, 5.41) is 6.91. The van der Waals surface area contributed by atoms with Crippen molar-refractivity contribution in [2.24, 2.45) is 22.2 Å². The monoisotopic (exact) mass is 324 g/mol. The molecule has 2 N–H and O–H groups in total. The Morgan fingerprint density at radius 2 is 2.09 bits per heavy atom. The van der Waals surface area contributed by atoms with E-state index in [1.165, 1.54) is 0 Å². The Hall–Kier alpha value is -1.30. The zero-order valence-electron chi connectivity index (χ0n) is 15.3. The van der Waals surface area contributed by atoms with Crippen molar-refractivity contribution in [1.82, 2.24) is 15.5 Å². The first-order chi connectivity index (χ1) is 10.7. The molecule has 0 radical (unpaired) electrons. The van der Waals surface area contributed by atoms with Gasteiger partial charge in [0.15, 0.2) is 5.96 Å². The van der Waals surface area contributed by atoms with E-state index in [9.17, 15) is 4.79 Å². The van der Waals surface area contributed by atoms with E-state index >= 15 is 0 Å². The molecule has 1 aliphatic heterocycles. The van der Waals surface area contributed by atoms with E-state index in [2.05, 4.69) is 43.3 Å². The normalized spacial score (nSPS) is 29.0. The molecule has 23 heavy (non-hydrogen) atoms. The molecule has 3 unspecified atom stereocenters. The highest BCUT2D eigenvalue weighted by Gasteiger charge is 2.59. The number of aliphatic imine (C=N–C) groups is 1. The molecule has 6 nitrogen and oxygen atoms in total. The van der Waals surface area contributed by atoms with Crippen LogP contribution < -0.4 is 10.6 Å². The van der Waals surface area contributed by atoms with Crippen LogP contribution in [0.3, 0.4) is 0 Å². The predicted molar refractivity (Wildman–Crippen MR) is 92.4 cm³/mol. The van der Waals surface area contributed by atoms with Crippen LogP contribution in [0.4, 0.5) is 0 Å². The Kier molecular flexibility index (Phi) is 5.55. The quantitative estimate of drug-likeness (QED) is 0.587. The third-order valence-corrected chi connectivity index (χ3v) is 4.94. The second-order valence-corrected chi connectivity index (χ2v) is 7.92. The molecule has 0 aromatic heterocycles. The van der Waals surface area contributed by atoms with Gasteiger partial charge in [0.25, 0.3) is 0 Å². The topological polar surface area (TPSA) is 66.0 Å². The van der Waals surface area contributed by atoms with Crippen molar-refractivity contribution in [3.63, 3.8) is 0 Å². The van der Waals surface area contributed by atoms with Gasteiger partial charge in [0.05, 0.1) is 6.10 Å². The first kappa shape index (κ1) is 18.0. The molecule has 2 aliphatic rings. The van der Waals surface area contributed by atoms with Gasteiger partial charge in [0.1, 0.15) is 6.54 Å². The minimum atomic E-state index is 0.00518. The molecule has 1 saturated heterocycles. The molecular weight excluding hydrogens is 292 g/mol. The summed E-state index contributed by atoms with van der Waals surface area (Å²) in [6.45, 7) is 10.6. The average Bonchev–Trinajstić information content (AvgIpc) is 2.92. The van der Waals surface area contributed by atoms with Gasteiger partial charge >= 0.3 is 0 Å². The summed E-state index contributed by atoms with van der Waals surface area (Å²) in [5.74, 6) is 1.80. The zero-order valence-corrected chi connectivity index (χ0v) is 15.3. The van der Waals surface area contributed by atoms with E-state index in [1.807, 2.05) is 0 Å².